The molecule has 1 aromatic rings. The Kier molecular flexibility index (Phi) is 5.17. The Morgan fingerprint density at radius 3 is 2.58 bits per heavy atom. The minimum atomic E-state index is -4.62. The first-order valence-corrected chi connectivity index (χ1v) is 5.94. The molecule has 1 rings (SSSR count). The molecule has 0 spiro atoms. The summed E-state index contributed by atoms with van der Waals surface area (Å²) in [6, 6.07) is 1.71. The number of amides is 1. The molecule has 1 atom stereocenters. The van der Waals surface area contributed by atoms with E-state index in [1.54, 1.807) is 6.92 Å². The quantitative estimate of drug-likeness (QED) is 0.668. The van der Waals surface area contributed by atoms with Crippen LogP contribution in [0.25, 0.3) is 0 Å². The van der Waals surface area contributed by atoms with Crippen molar-refractivity contribution in [2.24, 2.45) is 0 Å². The van der Waals surface area contributed by atoms with E-state index in [4.69, 9.17) is 11.6 Å². The van der Waals surface area contributed by atoms with Gasteiger partial charge in [-0.05, 0) is 31.5 Å². The van der Waals surface area contributed by atoms with E-state index in [1.807, 2.05) is 0 Å². The lowest BCUT2D eigenvalue weighted by Crippen LogP contribution is -2.27. The van der Waals surface area contributed by atoms with Gasteiger partial charge in [0.2, 0.25) is 0 Å². The molecule has 0 aliphatic rings. The molecule has 0 radical (unpaired) electrons. The molecule has 1 aromatic carbocycles. The first kappa shape index (κ1) is 15.8. The number of hydrogen-bond acceptors (Lipinski definition) is 1. The molecule has 2 nitrogen and oxygen atoms in total. The van der Waals surface area contributed by atoms with E-state index >= 15 is 0 Å². The summed E-state index contributed by atoms with van der Waals surface area (Å²) in [7, 11) is 0. The van der Waals surface area contributed by atoms with Gasteiger partial charge in [0.25, 0.3) is 5.91 Å². The minimum Gasteiger partial charge on any atom is -0.352 e. The Balaban J connectivity index is 2.84. The summed E-state index contributed by atoms with van der Waals surface area (Å²) >= 11 is 5.65. The molecule has 1 amide bonds. The average Bonchev–Trinajstić information content (AvgIpc) is 2.27. The molecule has 0 aliphatic heterocycles. The number of alkyl halides is 4. The second kappa shape index (κ2) is 6.23. The molecule has 1 unspecified atom stereocenters. The monoisotopic (exact) mass is 297 g/mol. The van der Waals surface area contributed by atoms with Crippen LogP contribution in [-0.2, 0) is 6.18 Å². The molecule has 0 saturated carbocycles. The maximum Gasteiger partial charge on any atom is 0.416 e. The molecule has 19 heavy (non-hydrogen) atoms. The number of rotatable bonds is 4. The van der Waals surface area contributed by atoms with Crippen molar-refractivity contribution in [1.82, 2.24) is 5.32 Å². The van der Waals surface area contributed by atoms with Gasteiger partial charge >= 0.3 is 6.18 Å². The van der Waals surface area contributed by atoms with Crippen LogP contribution in [0.4, 0.5) is 17.6 Å². The highest BCUT2D eigenvalue weighted by atomic mass is 35.5. The van der Waals surface area contributed by atoms with Crippen molar-refractivity contribution in [1.29, 1.82) is 0 Å². The molecule has 0 heterocycles. The smallest absolute Gasteiger partial charge is 0.352 e. The summed E-state index contributed by atoms with van der Waals surface area (Å²) in [5.74, 6) is -1.88. The fourth-order valence-corrected chi connectivity index (χ4v) is 1.46. The molecule has 7 heteroatoms. The Bertz CT molecular complexity index is 460. The Morgan fingerprint density at radius 1 is 1.42 bits per heavy atom. The van der Waals surface area contributed by atoms with Gasteiger partial charge in [0.15, 0.2) is 0 Å². The van der Waals surface area contributed by atoms with E-state index in [2.05, 4.69) is 5.32 Å². The van der Waals surface area contributed by atoms with E-state index in [0.717, 1.165) is 0 Å². The lowest BCUT2D eigenvalue weighted by atomic mass is 10.1. The number of benzene rings is 1. The molecular weight excluding hydrogens is 286 g/mol. The minimum absolute atomic E-state index is 0.166. The van der Waals surface area contributed by atoms with Crippen molar-refractivity contribution >= 4 is 17.5 Å². The van der Waals surface area contributed by atoms with Crippen LogP contribution in [0.3, 0.4) is 0 Å². The molecule has 0 aromatic heterocycles. The van der Waals surface area contributed by atoms with Crippen LogP contribution in [-0.4, -0.2) is 17.8 Å². The van der Waals surface area contributed by atoms with E-state index in [9.17, 15) is 22.4 Å². The van der Waals surface area contributed by atoms with Crippen molar-refractivity contribution in [2.45, 2.75) is 24.9 Å². The first-order chi connectivity index (χ1) is 8.71. The number of carbonyl (C=O) groups is 1. The second-order valence-electron chi connectivity index (χ2n) is 4.02. The van der Waals surface area contributed by atoms with Gasteiger partial charge < -0.3 is 5.32 Å². The highest BCUT2D eigenvalue weighted by Crippen LogP contribution is 2.30. The average molecular weight is 298 g/mol. The first-order valence-electron chi connectivity index (χ1n) is 5.51. The van der Waals surface area contributed by atoms with Gasteiger partial charge in [0.05, 0.1) is 11.1 Å². The van der Waals surface area contributed by atoms with Crippen LogP contribution in [0.1, 0.15) is 29.3 Å². The summed E-state index contributed by atoms with van der Waals surface area (Å²) in [5.41, 5.74) is -1.69. The summed E-state index contributed by atoms with van der Waals surface area (Å²) < 4.78 is 50.7. The van der Waals surface area contributed by atoms with Crippen LogP contribution < -0.4 is 5.32 Å². The predicted molar refractivity (Wildman–Crippen MR) is 63.7 cm³/mol. The summed E-state index contributed by atoms with van der Waals surface area (Å²) in [5, 5.41) is 2.13. The fraction of sp³-hybridized carbons (Fsp3) is 0.417. The fourth-order valence-electron chi connectivity index (χ4n) is 1.36. The summed E-state index contributed by atoms with van der Waals surface area (Å²) in [6.45, 7) is 1.87. The van der Waals surface area contributed by atoms with Gasteiger partial charge in [-0.2, -0.15) is 13.2 Å². The highest BCUT2D eigenvalue weighted by molar-refractivity contribution is 6.20. The van der Waals surface area contributed by atoms with Crippen LogP contribution in [0.2, 0.25) is 0 Å². The maximum atomic E-state index is 13.3. The van der Waals surface area contributed by atoms with Crippen LogP contribution >= 0.6 is 11.6 Å². The zero-order valence-corrected chi connectivity index (χ0v) is 10.8. The predicted octanol–water partition coefficient (Wildman–Crippen LogP) is 3.59. The summed E-state index contributed by atoms with van der Waals surface area (Å²) in [4.78, 5) is 11.6. The van der Waals surface area contributed by atoms with E-state index < -0.39 is 29.0 Å². The second-order valence-corrected chi connectivity index (χ2v) is 4.76. The van der Waals surface area contributed by atoms with Crippen molar-refractivity contribution in [3.63, 3.8) is 0 Å². The third-order valence-corrected chi connectivity index (χ3v) is 2.58. The lowest BCUT2D eigenvalue weighted by Gasteiger charge is -2.10. The molecule has 0 saturated heterocycles. The molecular formula is C12H12ClF4NO. The molecule has 106 valence electrons. The van der Waals surface area contributed by atoms with Crippen LogP contribution in [0.15, 0.2) is 18.2 Å². The highest BCUT2D eigenvalue weighted by Gasteiger charge is 2.31. The zero-order chi connectivity index (χ0) is 14.6. The van der Waals surface area contributed by atoms with Crippen LogP contribution in [0.5, 0.6) is 0 Å². The topological polar surface area (TPSA) is 29.1 Å². The third-order valence-electron chi connectivity index (χ3n) is 2.37. The molecule has 0 aliphatic carbocycles. The van der Waals surface area contributed by atoms with Crippen molar-refractivity contribution in [3.8, 4) is 0 Å². The normalized spacial score (nSPS) is 13.2. The van der Waals surface area contributed by atoms with Gasteiger partial charge in [-0.15, -0.1) is 11.6 Å². The van der Waals surface area contributed by atoms with Crippen molar-refractivity contribution in [3.05, 3.63) is 35.1 Å². The van der Waals surface area contributed by atoms with E-state index in [-0.39, 0.29) is 11.9 Å². The zero-order valence-electron chi connectivity index (χ0n) is 10.0. The molecule has 1 N–H and O–H groups in total. The third kappa shape index (κ3) is 4.70. The van der Waals surface area contributed by atoms with Gasteiger partial charge in [-0.1, -0.05) is 0 Å². The SMILES string of the molecule is CC(Cl)CCNC(=O)c1cc(C(F)(F)F)ccc1F. The van der Waals surface area contributed by atoms with Gasteiger partial charge in [0, 0.05) is 11.9 Å². The molecule has 0 fully saturated rings. The number of carbonyl (C=O) groups excluding carboxylic acids is 1. The standard InChI is InChI=1S/C12H12ClF4NO/c1-7(13)4-5-18-11(19)9-6-8(12(15,16)17)2-3-10(9)14/h2-3,6-7H,4-5H2,1H3,(H,18,19). The van der Waals surface area contributed by atoms with Gasteiger partial charge in [0.1, 0.15) is 5.82 Å². The van der Waals surface area contributed by atoms with Crippen molar-refractivity contribution in [2.75, 3.05) is 6.54 Å². The van der Waals surface area contributed by atoms with Gasteiger partial charge in [-0.25, -0.2) is 4.39 Å². The molecule has 0 bridgehead atoms. The Labute approximate surface area is 112 Å². The van der Waals surface area contributed by atoms with E-state index in [1.165, 1.54) is 0 Å². The van der Waals surface area contributed by atoms with Crippen molar-refractivity contribution < 1.29 is 22.4 Å². The number of halogens is 5. The van der Waals surface area contributed by atoms with Gasteiger partial charge in [-0.3, -0.25) is 4.79 Å². The van der Waals surface area contributed by atoms with Crippen LogP contribution in [0, 0.1) is 5.82 Å². The largest absolute Gasteiger partial charge is 0.416 e. The number of nitrogens with one attached hydrogen (secondary N) is 1. The Hall–Kier alpha value is -1.30. The maximum absolute atomic E-state index is 13.3. The number of hydrogen-bond donors (Lipinski definition) is 1. The van der Waals surface area contributed by atoms with E-state index in [0.29, 0.717) is 24.6 Å². The Morgan fingerprint density at radius 2 is 2.05 bits per heavy atom. The lowest BCUT2D eigenvalue weighted by molar-refractivity contribution is -0.137. The summed E-state index contributed by atoms with van der Waals surface area (Å²) in [6.07, 6.45) is -4.18.